The van der Waals surface area contributed by atoms with Crippen LogP contribution in [0.3, 0.4) is 0 Å². The summed E-state index contributed by atoms with van der Waals surface area (Å²) >= 11 is 6.09. The molecule has 6 nitrogen and oxygen atoms in total. The summed E-state index contributed by atoms with van der Waals surface area (Å²) in [5.74, 6) is 2.01. The molecule has 1 atom stereocenters. The van der Waals surface area contributed by atoms with E-state index < -0.39 is 0 Å². The molecule has 0 radical (unpaired) electrons. The number of piperazine rings is 1. The molecule has 4 rings (SSSR count). The van der Waals surface area contributed by atoms with Gasteiger partial charge in [-0.1, -0.05) is 29.8 Å². The maximum atomic E-state index is 13.0. The monoisotopic (exact) mass is 436 g/mol. The lowest BCUT2D eigenvalue weighted by atomic mass is 10.1. The SMILES string of the molecule is Cc1cc(Oc2cc(N3CCN(C(=O)c4ccccc4C)C(C)C3)ncn2)ccc1Cl. The quantitative estimate of drug-likeness (QED) is 0.582. The van der Waals surface area contributed by atoms with Crippen molar-refractivity contribution in [1.29, 1.82) is 0 Å². The number of benzene rings is 2. The third kappa shape index (κ3) is 4.64. The van der Waals surface area contributed by atoms with E-state index in [2.05, 4.69) is 21.8 Å². The van der Waals surface area contributed by atoms with Crippen LogP contribution in [0.4, 0.5) is 5.82 Å². The molecule has 0 aliphatic carbocycles. The third-order valence-electron chi connectivity index (χ3n) is 5.57. The number of aromatic nitrogens is 2. The molecule has 7 heteroatoms. The van der Waals surface area contributed by atoms with Crippen LogP contribution in [0.25, 0.3) is 0 Å². The molecule has 1 amide bonds. The Morgan fingerprint density at radius 1 is 1.06 bits per heavy atom. The maximum Gasteiger partial charge on any atom is 0.254 e. The van der Waals surface area contributed by atoms with Gasteiger partial charge in [-0.15, -0.1) is 0 Å². The van der Waals surface area contributed by atoms with Crippen molar-refractivity contribution in [2.75, 3.05) is 24.5 Å². The van der Waals surface area contributed by atoms with Crippen LogP contribution in [-0.2, 0) is 0 Å². The molecule has 1 saturated heterocycles. The number of hydrogen-bond donors (Lipinski definition) is 0. The number of aryl methyl sites for hydroxylation is 2. The first-order chi connectivity index (χ1) is 14.9. The summed E-state index contributed by atoms with van der Waals surface area (Å²) in [6.07, 6.45) is 1.50. The molecular weight excluding hydrogens is 412 g/mol. The Hall–Kier alpha value is -3.12. The lowest BCUT2D eigenvalue weighted by Crippen LogP contribution is -2.54. The predicted molar refractivity (Wildman–Crippen MR) is 122 cm³/mol. The summed E-state index contributed by atoms with van der Waals surface area (Å²) in [4.78, 5) is 25.8. The molecule has 2 aromatic carbocycles. The maximum absolute atomic E-state index is 13.0. The normalized spacial score (nSPS) is 16.3. The Balaban J connectivity index is 1.45. The van der Waals surface area contributed by atoms with E-state index in [9.17, 15) is 4.79 Å². The summed E-state index contributed by atoms with van der Waals surface area (Å²) in [7, 11) is 0. The molecule has 31 heavy (non-hydrogen) atoms. The highest BCUT2D eigenvalue weighted by molar-refractivity contribution is 6.31. The summed E-state index contributed by atoms with van der Waals surface area (Å²) in [5, 5.41) is 0.697. The molecular formula is C24H25ClN4O2. The number of rotatable bonds is 4. The Kier molecular flexibility index (Phi) is 6.09. The van der Waals surface area contributed by atoms with Crippen LogP contribution in [-0.4, -0.2) is 46.5 Å². The van der Waals surface area contributed by atoms with E-state index >= 15 is 0 Å². The predicted octanol–water partition coefficient (Wildman–Crippen LogP) is 4.89. The highest BCUT2D eigenvalue weighted by Crippen LogP contribution is 2.27. The number of ether oxygens (including phenoxy) is 1. The molecule has 1 aliphatic heterocycles. The number of carbonyl (C=O) groups is 1. The van der Waals surface area contributed by atoms with E-state index in [-0.39, 0.29) is 11.9 Å². The van der Waals surface area contributed by atoms with Crippen LogP contribution in [0.15, 0.2) is 54.9 Å². The first kappa shape index (κ1) is 21.1. The van der Waals surface area contributed by atoms with Gasteiger partial charge in [-0.2, -0.15) is 0 Å². The molecule has 1 unspecified atom stereocenters. The number of hydrogen-bond acceptors (Lipinski definition) is 5. The summed E-state index contributed by atoms with van der Waals surface area (Å²) in [6.45, 7) is 7.98. The van der Waals surface area contributed by atoms with Gasteiger partial charge >= 0.3 is 0 Å². The Bertz CT molecular complexity index is 1100. The standard InChI is InChI=1S/C24H25ClN4O2/c1-16-6-4-5-7-20(16)24(30)29-11-10-28(14-18(29)3)22-13-23(27-15-26-22)31-19-8-9-21(25)17(2)12-19/h4-9,12-13,15,18H,10-11,14H2,1-3H3. The third-order valence-corrected chi connectivity index (χ3v) is 5.99. The zero-order valence-corrected chi connectivity index (χ0v) is 18.6. The van der Waals surface area contributed by atoms with Gasteiger partial charge < -0.3 is 14.5 Å². The molecule has 0 N–H and O–H groups in total. The lowest BCUT2D eigenvalue weighted by molar-refractivity contribution is 0.0673. The van der Waals surface area contributed by atoms with Gasteiger partial charge in [-0.05, 0) is 56.2 Å². The second-order valence-corrected chi connectivity index (χ2v) is 8.24. The van der Waals surface area contributed by atoms with Gasteiger partial charge in [0.05, 0.1) is 0 Å². The van der Waals surface area contributed by atoms with E-state index in [1.54, 1.807) is 6.07 Å². The Labute approximate surface area is 187 Å². The van der Waals surface area contributed by atoms with Crippen molar-refractivity contribution in [1.82, 2.24) is 14.9 Å². The molecule has 1 aliphatic rings. The van der Waals surface area contributed by atoms with Gasteiger partial charge in [0.15, 0.2) is 0 Å². The fourth-order valence-electron chi connectivity index (χ4n) is 3.80. The largest absolute Gasteiger partial charge is 0.439 e. The second kappa shape index (κ2) is 8.94. The first-order valence-electron chi connectivity index (χ1n) is 10.3. The van der Waals surface area contributed by atoms with Crippen LogP contribution in [0.1, 0.15) is 28.4 Å². The van der Waals surface area contributed by atoms with Crippen LogP contribution < -0.4 is 9.64 Å². The van der Waals surface area contributed by atoms with Crippen LogP contribution in [0.2, 0.25) is 5.02 Å². The van der Waals surface area contributed by atoms with Crippen molar-refractivity contribution >= 4 is 23.3 Å². The minimum Gasteiger partial charge on any atom is -0.439 e. The Morgan fingerprint density at radius 2 is 1.87 bits per heavy atom. The smallest absolute Gasteiger partial charge is 0.254 e. The van der Waals surface area contributed by atoms with Crippen molar-refractivity contribution in [2.45, 2.75) is 26.8 Å². The topological polar surface area (TPSA) is 58.6 Å². The van der Waals surface area contributed by atoms with Gasteiger partial charge in [0.1, 0.15) is 17.9 Å². The summed E-state index contributed by atoms with van der Waals surface area (Å²) in [5.41, 5.74) is 2.70. The Morgan fingerprint density at radius 3 is 2.61 bits per heavy atom. The van der Waals surface area contributed by atoms with Crippen LogP contribution >= 0.6 is 11.6 Å². The van der Waals surface area contributed by atoms with E-state index in [1.807, 2.05) is 61.2 Å². The summed E-state index contributed by atoms with van der Waals surface area (Å²) < 4.78 is 5.90. The minimum atomic E-state index is 0.0547. The van der Waals surface area contributed by atoms with E-state index in [0.29, 0.717) is 36.3 Å². The van der Waals surface area contributed by atoms with Crippen molar-refractivity contribution in [2.24, 2.45) is 0 Å². The molecule has 3 aromatic rings. The van der Waals surface area contributed by atoms with Crippen molar-refractivity contribution in [3.05, 3.63) is 76.6 Å². The van der Waals surface area contributed by atoms with Gasteiger partial charge in [0.25, 0.3) is 5.91 Å². The molecule has 0 bridgehead atoms. The van der Waals surface area contributed by atoms with Gasteiger partial charge in [0, 0.05) is 42.3 Å². The van der Waals surface area contributed by atoms with Crippen LogP contribution in [0.5, 0.6) is 11.6 Å². The van der Waals surface area contributed by atoms with Gasteiger partial charge in [-0.3, -0.25) is 4.79 Å². The summed E-state index contributed by atoms with van der Waals surface area (Å²) in [6, 6.07) is 15.1. The fraction of sp³-hybridized carbons (Fsp3) is 0.292. The first-order valence-corrected chi connectivity index (χ1v) is 10.7. The highest BCUT2D eigenvalue weighted by Gasteiger charge is 2.29. The number of anilines is 1. The lowest BCUT2D eigenvalue weighted by Gasteiger charge is -2.40. The number of amides is 1. The fourth-order valence-corrected chi connectivity index (χ4v) is 3.91. The number of nitrogens with zero attached hydrogens (tertiary/aromatic N) is 4. The minimum absolute atomic E-state index is 0.0547. The van der Waals surface area contributed by atoms with Crippen molar-refractivity contribution < 1.29 is 9.53 Å². The molecule has 160 valence electrons. The number of halogens is 1. The molecule has 0 saturated carbocycles. The van der Waals surface area contributed by atoms with E-state index in [4.69, 9.17) is 16.3 Å². The second-order valence-electron chi connectivity index (χ2n) is 7.84. The van der Waals surface area contributed by atoms with Gasteiger partial charge in [-0.25, -0.2) is 9.97 Å². The van der Waals surface area contributed by atoms with E-state index in [1.165, 1.54) is 6.33 Å². The molecule has 1 aromatic heterocycles. The van der Waals surface area contributed by atoms with Crippen molar-refractivity contribution in [3.8, 4) is 11.6 Å². The highest BCUT2D eigenvalue weighted by atomic mass is 35.5. The van der Waals surface area contributed by atoms with Crippen molar-refractivity contribution in [3.63, 3.8) is 0 Å². The zero-order valence-electron chi connectivity index (χ0n) is 17.9. The molecule has 1 fully saturated rings. The molecule has 2 heterocycles. The molecule has 0 spiro atoms. The average Bonchev–Trinajstić information content (AvgIpc) is 2.76. The zero-order chi connectivity index (χ0) is 22.0. The van der Waals surface area contributed by atoms with Gasteiger partial charge in [0.2, 0.25) is 5.88 Å². The number of carbonyl (C=O) groups excluding carboxylic acids is 1. The van der Waals surface area contributed by atoms with E-state index in [0.717, 1.165) is 22.5 Å². The van der Waals surface area contributed by atoms with Crippen LogP contribution in [0, 0.1) is 13.8 Å². The average molecular weight is 437 g/mol.